The molecule has 0 aliphatic rings. The van der Waals surface area contributed by atoms with Gasteiger partial charge in [0.1, 0.15) is 5.75 Å². The first-order valence-electron chi connectivity index (χ1n) is 9.37. The van der Waals surface area contributed by atoms with E-state index in [-0.39, 0.29) is 5.56 Å². The van der Waals surface area contributed by atoms with E-state index in [0.29, 0.717) is 5.69 Å². The third-order valence-corrected chi connectivity index (χ3v) is 4.77. The highest BCUT2D eigenvalue weighted by Crippen LogP contribution is 2.29. The van der Waals surface area contributed by atoms with Crippen molar-refractivity contribution in [2.24, 2.45) is 0 Å². The van der Waals surface area contributed by atoms with Crippen LogP contribution in [0.3, 0.4) is 0 Å². The maximum atomic E-state index is 11.3. The van der Waals surface area contributed by atoms with Crippen LogP contribution >= 0.6 is 0 Å². The second kappa shape index (κ2) is 8.24. The zero-order chi connectivity index (χ0) is 20.2. The SMILES string of the molecule is COc1ccc(CN(C)Cc2cnc3ccccc3c2)cc1-c1ccc(=O)[nH]n1. The average Bonchev–Trinajstić information content (AvgIpc) is 2.74. The summed E-state index contributed by atoms with van der Waals surface area (Å²) in [6, 6.07) is 19.5. The molecule has 0 fully saturated rings. The summed E-state index contributed by atoms with van der Waals surface area (Å²) in [7, 11) is 3.71. The van der Waals surface area contributed by atoms with Crippen LogP contribution in [0.15, 0.2) is 71.7 Å². The maximum Gasteiger partial charge on any atom is 0.264 e. The predicted molar refractivity (Wildman–Crippen MR) is 114 cm³/mol. The van der Waals surface area contributed by atoms with E-state index < -0.39 is 0 Å². The smallest absolute Gasteiger partial charge is 0.264 e. The van der Waals surface area contributed by atoms with Crippen molar-refractivity contribution in [2.45, 2.75) is 13.1 Å². The molecule has 0 unspecified atom stereocenters. The molecule has 0 saturated carbocycles. The van der Waals surface area contributed by atoms with Gasteiger partial charge >= 0.3 is 0 Å². The molecule has 0 aliphatic heterocycles. The Morgan fingerprint density at radius 2 is 1.83 bits per heavy atom. The van der Waals surface area contributed by atoms with Crippen molar-refractivity contribution in [1.82, 2.24) is 20.1 Å². The fourth-order valence-corrected chi connectivity index (χ4v) is 3.43. The molecule has 0 atom stereocenters. The van der Waals surface area contributed by atoms with Gasteiger partial charge in [0.05, 0.1) is 18.3 Å². The van der Waals surface area contributed by atoms with Crippen molar-refractivity contribution < 1.29 is 4.74 Å². The van der Waals surface area contributed by atoms with E-state index in [1.807, 2.05) is 36.5 Å². The summed E-state index contributed by atoms with van der Waals surface area (Å²) in [6.07, 6.45) is 1.93. The van der Waals surface area contributed by atoms with Crippen LogP contribution in [-0.2, 0) is 13.1 Å². The fraction of sp³-hybridized carbons (Fsp3) is 0.174. The van der Waals surface area contributed by atoms with Gasteiger partial charge in [0.25, 0.3) is 5.56 Å². The zero-order valence-corrected chi connectivity index (χ0v) is 16.4. The highest BCUT2D eigenvalue weighted by Gasteiger charge is 2.11. The first-order valence-corrected chi connectivity index (χ1v) is 9.37. The number of para-hydroxylation sites is 1. The molecule has 0 saturated heterocycles. The Hall–Kier alpha value is -3.51. The molecule has 146 valence electrons. The standard InChI is InChI=1S/C23H22N4O2/c1-27(15-17-11-18-5-3-4-6-20(18)24-13-17)14-16-7-9-22(29-2)19(12-16)21-8-10-23(28)26-25-21/h3-13H,14-15H2,1-2H3,(H,26,28). The summed E-state index contributed by atoms with van der Waals surface area (Å²) < 4.78 is 5.47. The maximum absolute atomic E-state index is 11.3. The molecule has 2 aromatic heterocycles. The highest BCUT2D eigenvalue weighted by molar-refractivity contribution is 5.78. The third-order valence-electron chi connectivity index (χ3n) is 4.77. The second-order valence-corrected chi connectivity index (χ2v) is 7.05. The van der Waals surface area contributed by atoms with Crippen LogP contribution < -0.4 is 10.3 Å². The van der Waals surface area contributed by atoms with Crippen molar-refractivity contribution in [1.29, 1.82) is 0 Å². The number of methoxy groups -OCH3 is 1. The quantitative estimate of drug-likeness (QED) is 0.548. The minimum absolute atomic E-state index is 0.229. The van der Waals surface area contributed by atoms with Gasteiger partial charge in [0.2, 0.25) is 0 Å². The number of nitrogens with zero attached hydrogens (tertiary/aromatic N) is 3. The normalized spacial score (nSPS) is 11.1. The molecule has 0 amide bonds. The van der Waals surface area contributed by atoms with Crippen LogP contribution in [0, 0.1) is 0 Å². The van der Waals surface area contributed by atoms with Gasteiger partial charge in [-0.2, -0.15) is 5.10 Å². The van der Waals surface area contributed by atoms with Gasteiger partial charge in [-0.15, -0.1) is 0 Å². The van der Waals surface area contributed by atoms with Gasteiger partial charge in [0, 0.05) is 36.3 Å². The van der Waals surface area contributed by atoms with E-state index in [1.165, 1.54) is 11.6 Å². The van der Waals surface area contributed by atoms with E-state index >= 15 is 0 Å². The molecule has 0 spiro atoms. The van der Waals surface area contributed by atoms with Crippen LogP contribution in [0.1, 0.15) is 11.1 Å². The minimum Gasteiger partial charge on any atom is -0.496 e. The summed E-state index contributed by atoms with van der Waals surface area (Å²) in [6.45, 7) is 1.54. The Morgan fingerprint density at radius 1 is 1.00 bits per heavy atom. The van der Waals surface area contributed by atoms with Crippen LogP contribution in [0.4, 0.5) is 0 Å². The molecule has 2 heterocycles. The van der Waals surface area contributed by atoms with E-state index in [0.717, 1.165) is 40.9 Å². The van der Waals surface area contributed by atoms with Crippen molar-refractivity contribution >= 4 is 10.9 Å². The van der Waals surface area contributed by atoms with Crippen molar-refractivity contribution in [2.75, 3.05) is 14.2 Å². The Labute approximate surface area is 168 Å². The van der Waals surface area contributed by atoms with Crippen molar-refractivity contribution in [3.63, 3.8) is 0 Å². The number of fused-ring (bicyclic) bond motifs is 1. The number of benzene rings is 2. The fourth-order valence-electron chi connectivity index (χ4n) is 3.43. The molecular formula is C23H22N4O2. The largest absolute Gasteiger partial charge is 0.496 e. The Kier molecular flexibility index (Phi) is 5.35. The average molecular weight is 386 g/mol. The lowest BCUT2D eigenvalue weighted by atomic mass is 10.1. The molecule has 0 aliphatic carbocycles. The monoisotopic (exact) mass is 386 g/mol. The predicted octanol–water partition coefficient (Wildman–Crippen LogP) is 3.63. The number of hydrogen-bond donors (Lipinski definition) is 1. The number of ether oxygens (including phenoxy) is 1. The van der Waals surface area contributed by atoms with E-state index in [4.69, 9.17) is 4.74 Å². The number of rotatable bonds is 6. The highest BCUT2D eigenvalue weighted by atomic mass is 16.5. The summed E-state index contributed by atoms with van der Waals surface area (Å²) in [5, 5.41) is 7.76. The van der Waals surface area contributed by atoms with E-state index in [9.17, 15) is 4.79 Å². The van der Waals surface area contributed by atoms with Gasteiger partial charge in [-0.1, -0.05) is 24.3 Å². The third kappa shape index (κ3) is 4.33. The number of hydrogen-bond acceptors (Lipinski definition) is 5. The van der Waals surface area contributed by atoms with E-state index in [1.54, 1.807) is 13.2 Å². The molecule has 6 nitrogen and oxygen atoms in total. The van der Waals surface area contributed by atoms with Crippen LogP contribution in [0.2, 0.25) is 0 Å². The topological polar surface area (TPSA) is 71.1 Å². The summed E-state index contributed by atoms with van der Waals surface area (Å²) in [5.41, 5.74) is 4.60. The molecule has 6 heteroatoms. The van der Waals surface area contributed by atoms with Crippen molar-refractivity contribution in [3.8, 4) is 17.0 Å². The van der Waals surface area contributed by atoms with Gasteiger partial charge in [0.15, 0.2) is 0 Å². The summed E-state index contributed by atoms with van der Waals surface area (Å²) in [5.74, 6) is 0.717. The van der Waals surface area contributed by atoms with E-state index in [2.05, 4.69) is 45.3 Å². The van der Waals surface area contributed by atoms with Gasteiger partial charge in [-0.05, 0) is 48.5 Å². The Bertz CT molecular complexity index is 1180. The second-order valence-electron chi connectivity index (χ2n) is 7.05. The van der Waals surface area contributed by atoms with Crippen LogP contribution in [-0.4, -0.2) is 34.2 Å². The number of aromatic nitrogens is 3. The number of H-pyrrole nitrogens is 1. The Morgan fingerprint density at radius 3 is 2.62 bits per heavy atom. The lowest BCUT2D eigenvalue weighted by molar-refractivity contribution is 0.318. The summed E-state index contributed by atoms with van der Waals surface area (Å²) in [4.78, 5) is 18.1. The van der Waals surface area contributed by atoms with Crippen LogP contribution in [0.5, 0.6) is 5.75 Å². The Balaban J connectivity index is 1.54. The molecule has 29 heavy (non-hydrogen) atoms. The lowest BCUT2D eigenvalue weighted by Crippen LogP contribution is -2.17. The number of pyridine rings is 1. The first kappa shape index (κ1) is 18.8. The first-order chi connectivity index (χ1) is 14.1. The summed E-state index contributed by atoms with van der Waals surface area (Å²) >= 11 is 0. The molecule has 0 bridgehead atoms. The molecule has 2 aromatic carbocycles. The van der Waals surface area contributed by atoms with Gasteiger partial charge in [-0.25, -0.2) is 5.10 Å². The van der Waals surface area contributed by atoms with Crippen molar-refractivity contribution in [3.05, 3.63) is 88.3 Å². The van der Waals surface area contributed by atoms with Gasteiger partial charge in [-0.3, -0.25) is 14.7 Å². The molecular weight excluding hydrogens is 364 g/mol. The molecule has 4 aromatic rings. The molecule has 1 N–H and O–H groups in total. The minimum atomic E-state index is -0.229. The number of aromatic amines is 1. The molecule has 4 rings (SSSR count). The van der Waals surface area contributed by atoms with Gasteiger partial charge < -0.3 is 4.74 Å². The van der Waals surface area contributed by atoms with Crippen LogP contribution in [0.25, 0.3) is 22.2 Å². The zero-order valence-electron chi connectivity index (χ0n) is 16.4. The molecule has 0 radical (unpaired) electrons. The number of nitrogens with one attached hydrogen (secondary N) is 1. The lowest BCUT2D eigenvalue weighted by Gasteiger charge is -2.18.